The van der Waals surface area contributed by atoms with E-state index < -0.39 is 21.7 Å². The van der Waals surface area contributed by atoms with E-state index in [9.17, 15) is 21.6 Å². The third-order valence-electron chi connectivity index (χ3n) is 5.59. The van der Waals surface area contributed by atoms with Gasteiger partial charge in [0.05, 0.1) is 33.3 Å². The van der Waals surface area contributed by atoms with E-state index in [1.54, 1.807) is 42.5 Å². The van der Waals surface area contributed by atoms with Crippen LogP contribution in [0.5, 0.6) is 0 Å². The maximum atomic E-state index is 13.3. The van der Waals surface area contributed by atoms with E-state index in [4.69, 9.17) is 34.8 Å². The number of sulfone groups is 1. The van der Waals surface area contributed by atoms with E-state index in [1.165, 1.54) is 29.4 Å². The first-order valence-corrected chi connectivity index (χ1v) is 13.4. The fourth-order valence-corrected chi connectivity index (χ4v) is 4.86. The maximum Gasteiger partial charge on any atom is 0.434 e. The molecule has 198 valence electrons. The van der Waals surface area contributed by atoms with Crippen LogP contribution in [0.1, 0.15) is 11.3 Å². The number of benzene rings is 3. The molecule has 0 saturated heterocycles. The number of hydrogen-bond donors (Lipinski definition) is 2. The van der Waals surface area contributed by atoms with Crippen molar-refractivity contribution in [3.8, 4) is 16.8 Å². The van der Waals surface area contributed by atoms with Crippen LogP contribution in [0.15, 0.2) is 84.3 Å². The predicted molar refractivity (Wildman–Crippen MR) is 142 cm³/mol. The Morgan fingerprint density at radius 2 is 1.74 bits per heavy atom. The Morgan fingerprint density at radius 3 is 2.32 bits per heavy atom. The van der Waals surface area contributed by atoms with Gasteiger partial charge >= 0.3 is 6.18 Å². The normalized spacial score (nSPS) is 12.6. The molecule has 0 unspecified atom stereocenters. The number of hydrogen-bond acceptors (Lipinski definition) is 6. The van der Waals surface area contributed by atoms with Gasteiger partial charge in [0.15, 0.2) is 15.5 Å². The van der Waals surface area contributed by atoms with Gasteiger partial charge in [-0.05, 0) is 47.5 Å². The van der Waals surface area contributed by atoms with Gasteiger partial charge in [-0.15, -0.1) is 0 Å². The third kappa shape index (κ3) is 5.65. The van der Waals surface area contributed by atoms with Gasteiger partial charge in [-0.2, -0.15) is 13.2 Å². The lowest BCUT2D eigenvalue weighted by Crippen LogP contribution is -2.31. The van der Waals surface area contributed by atoms with Crippen molar-refractivity contribution in [1.29, 1.82) is 0 Å². The lowest BCUT2D eigenvalue weighted by atomic mass is 10.0. The van der Waals surface area contributed by atoms with E-state index in [1.807, 2.05) is 0 Å². The van der Waals surface area contributed by atoms with Crippen molar-refractivity contribution in [1.82, 2.24) is 9.55 Å². The highest BCUT2D eigenvalue weighted by Gasteiger charge is 2.34. The van der Waals surface area contributed by atoms with Gasteiger partial charge in [-0.1, -0.05) is 47.5 Å². The molecule has 0 spiro atoms. The van der Waals surface area contributed by atoms with Gasteiger partial charge in [0.25, 0.3) is 0 Å². The molecule has 0 saturated carbocycles. The maximum absolute atomic E-state index is 13.3. The van der Waals surface area contributed by atoms with Crippen LogP contribution in [0.25, 0.3) is 22.5 Å². The van der Waals surface area contributed by atoms with Gasteiger partial charge < -0.3 is 10.3 Å². The smallest absolute Gasteiger partial charge is 0.403 e. The molecule has 1 heterocycles. The second-order valence-corrected chi connectivity index (χ2v) is 11.1. The monoisotopic (exact) mass is 581 g/mol. The first-order valence-electron chi connectivity index (χ1n) is 10.8. The summed E-state index contributed by atoms with van der Waals surface area (Å²) in [7, 11) is -3.51. The summed E-state index contributed by atoms with van der Waals surface area (Å²) in [5.41, 5.74) is 6.83. The molecule has 4 rings (SSSR count). The molecule has 0 fully saturated rings. The Morgan fingerprint density at radius 1 is 1.05 bits per heavy atom. The Labute approximate surface area is 226 Å². The van der Waals surface area contributed by atoms with Crippen LogP contribution < -0.4 is 16.6 Å². The highest BCUT2D eigenvalue weighted by atomic mass is 35.5. The van der Waals surface area contributed by atoms with Crippen LogP contribution in [0.4, 0.5) is 18.9 Å². The fourth-order valence-electron chi connectivity index (χ4n) is 3.75. The van der Waals surface area contributed by atoms with Crippen molar-refractivity contribution in [2.24, 2.45) is 11.6 Å². The largest absolute Gasteiger partial charge is 0.434 e. The molecule has 0 aliphatic rings. The predicted octanol–water partition coefficient (Wildman–Crippen LogP) is 5.91. The average Bonchev–Trinajstić information content (AvgIpc) is 3.35. The number of imidazole rings is 1. The Bertz CT molecular complexity index is 1640. The molecular weight excluding hydrogens is 562 g/mol. The molecular formula is C25H20Cl2F3N5O2S. The highest BCUT2D eigenvalue weighted by molar-refractivity contribution is 7.90. The Hall–Kier alpha value is -3.51. The van der Waals surface area contributed by atoms with Crippen LogP contribution in [-0.2, 0) is 16.0 Å². The summed E-state index contributed by atoms with van der Waals surface area (Å²) < 4.78 is 65.2. The number of hydrazine groups is 1. The molecule has 4 aromatic rings. The van der Waals surface area contributed by atoms with Gasteiger partial charge in [0.1, 0.15) is 0 Å². The van der Waals surface area contributed by atoms with Crippen LogP contribution in [-0.4, -0.2) is 24.2 Å². The number of halogens is 5. The van der Waals surface area contributed by atoms with Crippen molar-refractivity contribution in [2.45, 2.75) is 11.1 Å². The minimum absolute atomic E-state index is 0.0244. The number of rotatable bonds is 6. The van der Waals surface area contributed by atoms with E-state index in [0.29, 0.717) is 21.7 Å². The van der Waals surface area contributed by atoms with Gasteiger partial charge in [-0.3, -0.25) is 5.01 Å². The number of nitrogens with two attached hydrogens (primary N) is 2. The Kier molecular flexibility index (Phi) is 7.48. The summed E-state index contributed by atoms with van der Waals surface area (Å²) in [6, 6.07) is 15.8. The Balaban J connectivity index is 1.95. The number of nitrogens with zero attached hydrogens (tertiary/aromatic N) is 3. The standard InChI is InChI=1S/C25H20Cl2F3N5O2S/c1-38(36,37)19-4-2-3-16(9-19)17-10-20(27)24(34-13-23(33-14-34)25(28,29)30)21(11-17)35(32)22(12-31)15-5-7-18(26)8-6-15/h2-14H,31-32H2,1H3/b22-12-. The molecule has 7 nitrogen and oxygen atoms in total. The lowest BCUT2D eigenvalue weighted by Gasteiger charge is -2.26. The van der Waals surface area contributed by atoms with Crippen LogP contribution in [0.3, 0.4) is 0 Å². The molecule has 0 aliphatic carbocycles. The summed E-state index contributed by atoms with van der Waals surface area (Å²) in [4.78, 5) is 3.54. The molecule has 0 aliphatic heterocycles. The molecule has 1 aromatic heterocycles. The van der Waals surface area contributed by atoms with Gasteiger partial charge in [-0.25, -0.2) is 19.2 Å². The minimum atomic E-state index is -4.68. The van der Waals surface area contributed by atoms with E-state index in [2.05, 4.69) is 4.98 Å². The molecule has 0 atom stereocenters. The number of alkyl halides is 3. The van der Waals surface area contributed by atoms with Gasteiger partial charge in [0.2, 0.25) is 0 Å². The van der Waals surface area contributed by atoms with Crippen LogP contribution in [0, 0.1) is 0 Å². The van der Waals surface area contributed by atoms with Crippen molar-refractivity contribution >= 4 is 44.4 Å². The summed E-state index contributed by atoms with van der Waals surface area (Å²) in [6.07, 6.45) is -0.613. The second kappa shape index (κ2) is 10.3. The van der Waals surface area contributed by atoms with Crippen LogP contribution >= 0.6 is 23.2 Å². The summed E-state index contributed by atoms with van der Waals surface area (Å²) >= 11 is 12.6. The summed E-state index contributed by atoms with van der Waals surface area (Å²) in [5, 5.41) is 1.67. The third-order valence-corrected chi connectivity index (χ3v) is 7.24. The van der Waals surface area contributed by atoms with Crippen molar-refractivity contribution in [3.63, 3.8) is 0 Å². The fraction of sp³-hybridized carbons (Fsp3) is 0.0800. The number of anilines is 1. The van der Waals surface area contributed by atoms with E-state index in [0.717, 1.165) is 23.3 Å². The molecule has 0 amide bonds. The van der Waals surface area contributed by atoms with E-state index in [-0.39, 0.29) is 27.0 Å². The lowest BCUT2D eigenvalue weighted by molar-refractivity contribution is -0.140. The zero-order valence-corrected chi connectivity index (χ0v) is 21.9. The molecule has 13 heteroatoms. The van der Waals surface area contributed by atoms with Gasteiger partial charge in [0, 0.05) is 29.2 Å². The zero-order valence-electron chi connectivity index (χ0n) is 19.6. The molecule has 0 bridgehead atoms. The molecule has 3 aromatic carbocycles. The van der Waals surface area contributed by atoms with Crippen molar-refractivity contribution in [3.05, 3.63) is 101 Å². The minimum Gasteiger partial charge on any atom is -0.403 e. The second-order valence-electron chi connectivity index (χ2n) is 8.22. The highest BCUT2D eigenvalue weighted by Crippen LogP contribution is 2.39. The zero-order chi connectivity index (χ0) is 27.8. The van der Waals surface area contributed by atoms with E-state index >= 15 is 0 Å². The summed E-state index contributed by atoms with van der Waals surface area (Å²) in [6.45, 7) is 0. The quantitative estimate of drug-likeness (QED) is 0.216. The molecule has 4 N–H and O–H groups in total. The van der Waals surface area contributed by atoms with Crippen molar-refractivity contribution < 1.29 is 21.6 Å². The topological polar surface area (TPSA) is 107 Å². The SMILES string of the molecule is CS(=O)(=O)c1cccc(-c2cc(Cl)c(-n3cnc(C(F)(F)F)c3)c(N(N)/C(=C\N)c3ccc(Cl)cc3)c2)c1. The first-order chi connectivity index (χ1) is 17.8. The average molecular weight is 582 g/mol. The first kappa shape index (κ1) is 27.5. The molecule has 0 radical (unpaired) electrons. The van der Waals surface area contributed by atoms with Crippen LogP contribution in [0.2, 0.25) is 10.0 Å². The summed E-state index contributed by atoms with van der Waals surface area (Å²) in [5.74, 6) is 6.51. The number of aromatic nitrogens is 2. The molecule has 38 heavy (non-hydrogen) atoms. The van der Waals surface area contributed by atoms with Crippen molar-refractivity contribution in [2.75, 3.05) is 11.3 Å².